The molecule has 8 heteroatoms. The topological polar surface area (TPSA) is 100 Å². The Morgan fingerprint density at radius 2 is 2.25 bits per heavy atom. The molecule has 0 amide bonds. The third kappa shape index (κ3) is 2.63. The van der Waals surface area contributed by atoms with Crippen LogP contribution in [0.2, 0.25) is 0 Å². The first-order valence-electron chi connectivity index (χ1n) is 5.73. The molecule has 1 aromatic heterocycles. The van der Waals surface area contributed by atoms with Crippen molar-refractivity contribution in [1.82, 2.24) is 14.8 Å². The molecular formula is C12H12N4O4. The second-order valence-corrected chi connectivity index (χ2v) is 4.08. The van der Waals surface area contributed by atoms with E-state index in [0.29, 0.717) is 5.56 Å². The van der Waals surface area contributed by atoms with Crippen molar-refractivity contribution in [1.29, 1.82) is 0 Å². The molecule has 0 aliphatic carbocycles. The fourth-order valence-corrected chi connectivity index (χ4v) is 1.77. The SMILES string of the molecule is COC(=O)c1ncn(Cc2cccc([N+](=O)[O-])c2C)n1. The zero-order valence-corrected chi connectivity index (χ0v) is 10.9. The molecule has 1 heterocycles. The van der Waals surface area contributed by atoms with Crippen molar-refractivity contribution in [3.63, 3.8) is 0 Å². The van der Waals surface area contributed by atoms with Gasteiger partial charge in [0.1, 0.15) is 6.33 Å². The number of ether oxygens (including phenoxy) is 1. The summed E-state index contributed by atoms with van der Waals surface area (Å²) in [5, 5.41) is 14.8. The van der Waals surface area contributed by atoms with Gasteiger partial charge in [-0.15, -0.1) is 5.10 Å². The third-order valence-corrected chi connectivity index (χ3v) is 2.85. The summed E-state index contributed by atoms with van der Waals surface area (Å²) in [6, 6.07) is 4.82. The number of aromatic nitrogens is 3. The number of nitro benzene ring substituents is 1. The summed E-state index contributed by atoms with van der Waals surface area (Å²) in [5.74, 6) is -0.671. The molecular weight excluding hydrogens is 264 g/mol. The molecule has 0 aliphatic rings. The fraction of sp³-hybridized carbons (Fsp3) is 0.250. The average molecular weight is 276 g/mol. The number of hydrogen-bond donors (Lipinski definition) is 0. The number of nitro groups is 1. The molecule has 0 saturated carbocycles. The maximum absolute atomic E-state index is 11.2. The van der Waals surface area contributed by atoms with Gasteiger partial charge in [-0.1, -0.05) is 12.1 Å². The minimum Gasteiger partial charge on any atom is -0.463 e. The minimum absolute atomic E-state index is 0.0458. The summed E-state index contributed by atoms with van der Waals surface area (Å²) in [6.45, 7) is 1.96. The lowest BCUT2D eigenvalue weighted by Gasteiger charge is -2.05. The Kier molecular flexibility index (Phi) is 3.74. The Bertz CT molecular complexity index is 665. The number of benzene rings is 1. The van der Waals surface area contributed by atoms with E-state index >= 15 is 0 Å². The second-order valence-electron chi connectivity index (χ2n) is 4.08. The molecule has 2 rings (SSSR count). The number of methoxy groups -OCH3 is 1. The first kappa shape index (κ1) is 13.7. The van der Waals surface area contributed by atoms with Crippen molar-refractivity contribution in [2.24, 2.45) is 0 Å². The number of esters is 1. The molecule has 0 radical (unpaired) electrons. The van der Waals surface area contributed by atoms with Crippen LogP contribution in [0.1, 0.15) is 21.7 Å². The number of nitrogens with zero attached hydrogens (tertiary/aromatic N) is 4. The lowest BCUT2D eigenvalue weighted by Crippen LogP contribution is -2.07. The van der Waals surface area contributed by atoms with Crippen LogP contribution in [0.4, 0.5) is 5.69 Å². The highest BCUT2D eigenvalue weighted by atomic mass is 16.6. The third-order valence-electron chi connectivity index (χ3n) is 2.85. The van der Waals surface area contributed by atoms with Crippen LogP contribution in [0.15, 0.2) is 24.5 Å². The number of carbonyl (C=O) groups excluding carboxylic acids is 1. The predicted octanol–water partition coefficient (Wildman–Crippen LogP) is 1.33. The van der Waals surface area contributed by atoms with E-state index in [0.717, 1.165) is 5.56 Å². The summed E-state index contributed by atoms with van der Waals surface area (Å²) in [4.78, 5) is 25.5. The Morgan fingerprint density at radius 3 is 2.90 bits per heavy atom. The van der Waals surface area contributed by atoms with Crippen molar-refractivity contribution in [3.05, 3.63) is 51.6 Å². The van der Waals surface area contributed by atoms with E-state index < -0.39 is 10.9 Å². The Labute approximate surface area is 114 Å². The van der Waals surface area contributed by atoms with Gasteiger partial charge in [-0.05, 0) is 12.5 Å². The highest BCUT2D eigenvalue weighted by Gasteiger charge is 2.15. The molecule has 20 heavy (non-hydrogen) atoms. The van der Waals surface area contributed by atoms with E-state index in [1.807, 2.05) is 0 Å². The van der Waals surface area contributed by atoms with Crippen LogP contribution in [-0.2, 0) is 11.3 Å². The normalized spacial score (nSPS) is 10.3. The van der Waals surface area contributed by atoms with E-state index in [9.17, 15) is 14.9 Å². The van der Waals surface area contributed by atoms with Gasteiger partial charge in [0.25, 0.3) is 11.5 Å². The monoisotopic (exact) mass is 276 g/mol. The molecule has 0 atom stereocenters. The van der Waals surface area contributed by atoms with Crippen LogP contribution in [0.3, 0.4) is 0 Å². The van der Waals surface area contributed by atoms with E-state index in [1.165, 1.54) is 24.2 Å². The van der Waals surface area contributed by atoms with Gasteiger partial charge in [0.05, 0.1) is 18.6 Å². The summed E-state index contributed by atoms with van der Waals surface area (Å²) in [6.07, 6.45) is 1.38. The molecule has 8 nitrogen and oxygen atoms in total. The van der Waals surface area contributed by atoms with Gasteiger partial charge in [-0.25, -0.2) is 14.5 Å². The molecule has 0 unspecified atom stereocenters. The standard InChI is InChI=1S/C12H12N4O4/c1-8-9(4-3-5-10(8)16(18)19)6-15-7-13-11(14-15)12(17)20-2/h3-5,7H,6H2,1-2H3. The van der Waals surface area contributed by atoms with E-state index in [1.54, 1.807) is 19.1 Å². The molecule has 0 bridgehead atoms. The molecule has 0 spiro atoms. The van der Waals surface area contributed by atoms with Gasteiger partial charge in [0.15, 0.2) is 0 Å². The highest BCUT2D eigenvalue weighted by molar-refractivity contribution is 5.84. The van der Waals surface area contributed by atoms with E-state index in [4.69, 9.17) is 0 Å². The van der Waals surface area contributed by atoms with Gasteiger partial charge >= 0.3 is 5.97 Å². The molecule has 1 aromatic carbocycles. The Balaban J connectivity index is 2.26. The molecule has 2 aromatic rings. The van der Waals surface area contributed by atoms with Crippen LogP contribution in [0.25, 0.3) is 0 Å². The van der Waals surface area contributed by atoms with E-state index in [2.05, 4.69) is 14.8 Å². The first-order chi connectivity index (χ1) is 9.52. The van der Waals surface area contributed by atoms with Crippen molar-refractivity contribution >= 4 is 11.7 Å². The lowest BCUT2D eigenvalue weighted by molar-refractivity contribution is -0.385. The summed E-state index contributed by atoms with van der Waals surface area (Å²) in [5.41, 5.74) is 1.35. The van der Waals surface area contributed by atoms with Crippen LogP contribution >= 0.6 is 0 Å². The van der Waals surface area contributed by atoms with Crippen molar-refractivity contribution < 1.29 is 14.5 Å². The zero-order chi connectivity index (χ0) is 14.7. The quantitative estimate of drug-likeness (QED) is 0.474. The van der Waals surface area contributed by atoms with Crippen LogP contribution in [-0.4, -0.2) is 32.8 Å². The zero-order valence-electron chi connectivity index (χ0n) is 10.9. The molecule has 0 N–H and O–H groups in total. The van der Waals surface area contributed by atoms with Crippen molar-refractivity contribution in [3.8, 4) is 0 Å². The van der Waals surface area contributed by atoms with Crippen LogP contribution < -0.4 is 0 Å². The number of carbonyl (C=O) groups is 1. The van der Waals surface area contributed by atoms with Gasteiger partial charge in [-0.2, -0.15) is 0 Å². The summed E-state index contributed by atoms with van der Waals surface area (Å²) >= 11 is 0. The Morgan fingerprint density at radius 1 is 1.50 bits per heavy atom. The highest BCUT2D eigenvalue weighted by Crippen LogP contribution is 2.21. The Hall–Kier alpha value is -2.77. The van der Waals surface area contributed by atoms with Crippen LogP contribution in [0, 0.1) is 17.0 Å². The van der Waals surface area contributed by atoms with Gasteiger partial charge in [-0.3, -0.25) is 10.1 Å². The minimum atomic E-state index is -0.625. The smallest absolute Gasteiger partial charge is 0.377 e. The van der Waals surface area contributed by atoms with Crippen LogP contribution in [0.5, 0.6) is 0 Å². The molecule has 104 valence electrons. The average Bonchev–Trinajstić information content (AvgIpc) is 2.88. The second kappa shape index (κ2) is 5.47. The fourth-order valence-electron chi connectivity index (χ4n) is 1.77. The molecule has 0 fully saturated rings. The van der Waals surface area contributed by atoms with E-state index in [-0.39, 0.29) is 18.1 Å². The lowest BCUT2D eigenvalue weighted by atomic mass is 10.1. The summed E-state index contributed by atoms with van der Waals surface area (Å²) in [7, 11) is 1.24. The predicted molar refractivity (Wildman–Crippen MR) is 68.3 cm³/mol. The van der Waals surface area contributed by atoms with Gasteiger partial charge in [0.2, 0.25) is 0 Å². The maximum Gasteiger partial charge on any atom is 0.377 e. The first-order valence-corrected chi connectivity index (χ1v) is 5.73. The van der Waals surface area contributed by atoms with Gasteiger partial charge in [0, 0.05) is 11.6 Å². The molecule has 0 aliphatic heterocycles. The number of hydrogen-bond acceptors (Lipinski definition) is 6. The van der Waals surface area contributed by atoms with Gasteiger partial charge < -0.3 is 4.74 Å². The maximum atomic E-state index is 11.2. The largest absolute Gasteiger partial charge is 0.463 e. The van der Waals surface area contributed by atoms with Crippen molar-refractivity contribution in [2.75, 3.05) is 7.11 Å². The number of rotatable bonds is 4. The summed E-state index contributed by atoms with van der Waals surface area (Å²) < 4.78 is 5.94. The molecule has 0 saturated heterocycles. The van der Waals surface area contributed by atoms with Crippen molar-refractivity contribution in [2.45, 2.75) is 13.5 Å².